The van der Waals surface area contributed by atoms with Gasteiger partial charge in [-0.05, 0) is 61.9 Å². The number of nitrogens with two attached hydrogens (primary N) is 1. The number of benzene rings is 2. The van der Waals surface area contributed by atoms with E-state index in [1.807, 2.05) is 44.2 Å². The smallest absolute Gasteiger partial charge is 0.328 e. The highest BCUT2D eigenvalue weighted by atomic mass is 16.2. The summed E-state index contributed by atoms with van der Waals surface area (Å²) in [6, 6.07) is 13.8. The maximum absolute atomic E-state index is 14.2. The fourth-order valence-corrected chi connectivity index (χ4v) is 6.01. The molecule has 1 spiro atoms. The second-order valence-electron chi connectivity index (χ2n) is 12.0. The van der Waals surface area contributed by atoms with E-state index in [9.17, 15) is 24.0 Å². The number of para-hydroxylation sites is 1. The van der Waals surface area contributed by atoms with E-state index in [1.165, 1.54) is 0 Å². The van der Waals surface area contributed by atoms with Crippen LogP contribution in [0.1, 0.15) is 71.3 Å². The molecule has 11 nitrogen and oxygen atoms in total. The summed E-state index contributed by atoms with van der Waals surface area (Å²) in [5, 5.41) is 8.35. The van der Waals surface area contributed by atoms with Gasteiger partial charge < -0.3 is 26.6 Å². The fraction of sp³-hybridized carbons (Fsp3) is 0.469. The molecule has 1 saturated carbocycles. The lowest BCUT2D eigenvalue weighted by atomic mass is 9.80. The molecule has 0 bridgehead atoms. The number of anilines is 2. The van der Waals surface area contributed by atoms with Crippen molar-refractivity contribution in [3.63, 3.8) is 0 Å². The van der Waals surface area contributed by atoms with Gasteiger partial charge in [0.15, 0.2) is 0 Å². The molecule has 0 radical (unpaired) electrons. The summed E-state index contributed by atoms with van der Waals surface area (Å²) in [6.45, 7) is 5.72. The standard InChI is InChI=1S/C32H42N6O5/c1-21(2)18-26(28(40)34-22(3)19-27(33)39)38-29(41)32(16-8-5-9-17-32)37(31(38)43)20-23-12-14-25(15-13-23)36-30(42)35-24-10-6-4-7-11-24/h4,6-7,10-15,21-22,26H,5,8-9,16-20H2,1-3H3,(H2,33,39)(H,34,40)(H2,35,36,42)/t22?,26-/m0/s1. The van der Waals surface area contributed by atoms with Crippen molar-refractivity contribution in [1.82, 2.24) is 15.1 Å². The Morgan fingerprint density at radius 3 is 2.07 bits per heavy atom. The van der Waals surface area contributed by atoms with E-state index in [0.29, 0.717) is 30.6 Å². The van der Waals surface area contributed by atoms with Crippen LogP contribution in [0.4, 0.5) is 21.0 Å². The summed E-state index contributed by atoms with van der Waals surface area (Å²) < 4.78 is 0. The molecular formula is C32H42N6O5. The molecular weight excluding hydrogens is 548 g/mol. The van der Waals surface area contributed by atoms with Crippen molar-refractivity contribution in [3.8, 4) is 0 Å². The van der Waals surface area contributed by atoms with Gasteiger partial charge in [-0.15, -0.1) is 0 Å². The average Bonchev–Trinajstić information content (AvgIpc) is 3.13. The van der Waals surface area contributed by atoms with Crippen LogP contribution < -0.4 is 21.7 Å². The van der Waals surface area contributed by atoms with Crippen molar-refractivity contribution in [2.45, 2.75) is 89.9 Å². The number of imide groups is 1. The molecule has 2 aromatic carbocycles. The molecule has 1 saturated heterocycles. The minimum Gasteiger partial charge on any atom is -0.370 e. The Labute approximate surface area is 252 Å². The first kappa shape index (κ1) is 31.5. The largest absolute Gasteiger partial charge is 0.370 e. The lowest BCUT2D eigenvalue weighted by Crippen LogP contribution is -2.54. The predicted molar refractivity (Wildman–Crippen MR) is 164 cm³/mol. The van der Waals surface area contributed by atoms with Crippen LogP contribution in [0.25, 0.3) is 0 Å². The number of urea groups is 2. The van der Waals surface area contributed by atoms with Crippen molar-refractivity contribution < 1.29 is 24.0 Å². The van der Waals surface area contributed by atoms with Crippen LogP contribution in [0.5, 0.6) is 0 Å². The van der Waals surface area contributed by atoms with E-state index in [-0.39, 0.29) is 30.8 Å². The molecule has 2 aliphatic rings. The molecule has 1 aliphatic heterocycles. The van der Waals surface area contributed by atoms with Crippen LogP contribution in [0.15, 0.2) is 54.6 Å². The van der Waals surface area contributed by atoms with Crippen molar-refractivity contribution >= 4 is 41.2 Å². The van der Waals surface area contributed by atoms with Gasteiger partial charge in [0.25, 0.3) is 5.91 Å². The van der Waals surface area contributed by atoms with Gasteiger partial charge in [-0.1, -0.05) is 63.4 Å². The summed E-state index contributed by atoms with van der Waals surface area (Å²) in [7, 11) is 0. The Hall–Kier alpha value is -4.41. The van der Waals surface area contributed by atoms with Gasteiger partial charge in [0, 0.05) is 30.4 Å². The average molecular weight is 591 g/mol. The number of rotatable bonds is 11. The van der Waals surface area contributed by atoms with E-state index < -0.39 is 35.5 Å². The number of hydrogen-bond donors (Lipinski definition) is 4. The zero-order valence-electron chi connectivity index (χ0n) is 25.1. The summed E-state index contributed by atoms with van der Waals surface area (Å²) in [5.74, 6) is -1.33. The number of carbonyl (C=O) groups is 5. The molecule has 4 rings (SSSR count). The van der Waals surface area contributed by atoms with E-state index in [0.717, 1.165) is 29.7 Å². The fourth-order valence-electron chi connectivity index (χ4n) is 6.01. The zero-order chi connectivity index (χ0) is 31.1. The molecule has 1 aliphatic carbocycles. The number of carbonyl (C=O) groups excluding carboxylic acids is 5. The third kappa shape index (κ3) is 7.52. The number of nitrogens with zero attached hydrogens (tertiary/aromatic N) is 2. The van der Waals surface area contributed by atoms with E-state index in [4.69, 9.17) is 5.73 Å². The molecule has 1 heterocycles. The Morgan fingerprint density at radius 1 is 0.884 bits per heavy atom. The maximum atomic E-state index is 14.2. The normalized spacial score (nSPS) is 17.6. The van der Waals surface area contributed by atoms with Crippen LogP contribution in [0, 0.1) is 5.92 Å². The number of nitrogens with one attached hydrogen (secondary N) is 3. The molecule has 7 amide bonds. The molecule has 2 atom stereocenters. The highest BCUT2D eigenvalue weighted by Gasteiger charge is 2.59. The lowest BCUT2D eigenvalue weighted by molar-refractivity contribution is -0.141. The van der Waals surface area contributed by atoms with Crippen molar-refractivity contribution in [2.75, 3.05) is 10.6 Å². The minimum atomic E-state index is -1.02. The molecule has 43 heavy (non-hydrogen) atoms. The van der Waals surface area contributed by atoms with Gasteiger partial charge in [-0.2, -0.15) is 0 Å². The third-order valence-corrected chi connectivity index (χ3v) is 8.04. The van der Waals surface area contributed by atoms with Gasteiger partial charge in [-0.25, -0.2) is 14.5 Å². The SMILES string of the molecule is CC(C)C[C@@H](C(=O)NC(C)CC(N)=O)N1C(=O)N(Cc2ccc(NC(=O)Nc3ccccc3)cc2)C2(CCCCC2)C1=O. The van der Waals surface area contributed by atoms with Crippen LogP contribution in [0.3, 0.4) is 0 Å². The lowest BCUT2D eigenvalue weighted by Gasteiger charge is -2.38. The van der Waals surface area contributed by atoms with Crippen LogP contribution >= 0.6 is 0 Å². The van der Waals surface area contributed by atoms with Gasteiger partial charge in [0.1, 0.15) is 11.6 Å². The van der Waals surface area contributed by atoms with Gasteiger partial charge in [0.05, 0.1) is 0 Å². The molecule has 11 heteroatoms. The zero-order valence-corrected chi connectivity index (χ0v) is 25.1. The summed E-state index contributed by atoms with van der Waals surface area (Å²) in [6.07, 6.45) is 3.89. The predicted octanol–water partition coefficient (Wildman–Crippen LogP) is 4.59. The molecule has 2 aromatic rings. The Morgan fingerprint density at radius 2 is 1.49 bits per heavy atom. The van der Waals surface area contributed by atoms with E-state index in [1.54, 1.807) is 36.1 Å². The van der Waals surface area contributed by atoms with Gasteiger partial charge in [0.2, 0.25) is 11.8 Å². The Kier molecular flexibility index (Phi) is 10.1. The molecule has 1 unspecified atom stereocenters. The van der Waals surface area contributed by atoms with Crippen LogP contribution in [0.2, 0.25) is 0 Å². The number of primary amides is 1. The van der Waals surface area contributed by atoms with Crippen LogP contribution in [-0.2, 0) is 20.9 Å². The number of hydrogen-bond acceptors (Lipinski definition) is 5. The first-order chi connectivity index (χ1) is 20.5. The van der Waals surface area contributed by atoms with Crippen LogP contribution in [-0.4, -0.2) is 57.2 Å². The third-order valence-electron chi connectivity index (χ3n) is 8.04. The Balaban J connectivity index is 1.54. The Bertz CT molecular complexity index is 1320. The topological polar surface area (TPSA) is 154 Å². The molecule has 5 N–H and O–H groups in total. The van der Waals surface area contributed by atoms with Gasteiger partial charge >= 0.3 is 12.1 Å². The van der Waals surface area contributed by atoms with E-state index >= 15 is 0 Å². The molecule has 230 valence electrons. The van der Waals surface area contributed by atoms with Crippen molar-refractivity contribution in [2.24, 2.45) is 11.7 Å². The van der Waals surface area contributed by atoms with E-state index in [2.05, 4.69) is 16.0 Å². The molecule has 0 aromatic heterocycles. The first-order valence-corrected chi connectivity index (χ1v) is 15.0. The summed E-state index contributed by atoms with van der Waals surface area (Å²) in [5.41, 5.74) is 6.32. The second kappa shape index (κ2) is 13.7. The highest BCUT2D eigenvalue weighted by molar-refractivity contribution is 6.10. The highest BCUT2D eigenvalue weighted by Crippen LogP contribution is 2.42. The van der Waals surface area contributed by atoms with Crippen molar-refractivity contribution in [3.05, 3.63) is 60.2 Å². The summed E-state index contributed by atoms with van der Waals surface area (Å²) in [4.78, 5) is 68.3. The quantitative estimate of drug-likeness (QED) is 0.282. The summed E-state index contributed by atoms with van der Waals surface area (Å²) >= 11 is 0. The molecule has 2 fully saturated rings. The van der Waals surface area contributed by atoms with Crippen molar-refractivity contribution in [1.29, 1.82) is 0 Å². The minimum absolute atomic E-state index is 0.0262. The second-order valence-corrected chi connectivity index (χ2v) is 12.0. The van der Waals surface area contributed by atoms with Gasteiger partial charge in [-0.3, -0.25) is 14.4 Å². The monoisotopic (exact) mass is 590 g/mol. The number of amides is 7. The maximum Gasteiger partial charge on any atom is 0.328 e. The first-order valence-electron chi connectivity index (χ1n) is 15.0.